The molecule has 3 N–H and O–H groups in total. The number of amides is 3. The predicted molar refractivity (Wildman–Crippen MR) is 144 cm³/mol. The monoisotopic (exact) mass is 582 g/mol. The molecule has 3 amide bonds. The Balaban J connectivity index is 1.36. The van der Waals surface area contributed by atoms with Gasteiger partial charge in [0, 0.05) is 41.1 Å². The third-order valence-corrected chi connectivity index (χ3v) is 9.35. The number of piperidine rings is 3. The van der Waals surface area contributed by atoms with Gasteiger partial charge in [-0.25, -0.2) is 8.78 Å². The number of fused-ring (bicyclic) bond motifs is 6. The molecule has 4 fully saturated rings. The zero-order valence-corrected chi connectivity index (χ0v) is 22.8. The number of rotatable bonds is 5. The van der Waals surface area contributed by atoms with Crippen molar-refractivity contribution in [1.29, 1.82) is 5.26 Å². The van der Waals surface area contributed by atoms with E-state index in [1.54, 1.807) is 36.4 Å². The van der Waals surface area contributed by atoms with E-state index in [1.165, 1.54) is 6.07 Å². The maximum atomic E-state index is 15.3. The smallest absolute Gasteiger partial charge is 0.264 e. The van der Waals surface area contributed by atoms with Gasteiger partial charge in [-0.3, -0.25) is 14.4 Å². The minimum atomic E-state index is -3.22. The summed E-state index contributed by atoms with van der Waals surface area (Å²) in [7, 11) is 0. The number of halogens is 3. The van der Waals surface area contributed by atoms with E-state index in [2.05, 4.69) is 10.6 Å². The largest absolute Gasteiger partial charge is 0.372 e. The summed E-state index contributed by atoms with van der Waals surface area (Å²) in [6.45, 7) is 0.538. The van der Waals surface area contributed by atoms with Gasteiger partial charge in [0.15, 0.2) is 5.60 Å². The fourth-order valence-electron chi connectivity index (χ4n) is 7.19. The molecule has 3 saturated heterocycles. The van der Waals surface area contributed by atoms with E-state index < -0.39 is 59.7 Å². The lowest BCUT2D eigenvalue weighted by Crippen LogP contribution is -2.70. The van der Waals surface area contributed by atoms with Crippen LogP contribution < -0.4 is 10.6 Å². The zero-order valence-electron chi connectivity index (χ0n) is 22.1. The van der Waals surface area contributed by atoms with Crippen molar-refractivity contribution < 1.29 is 28.3 Å². The van der Waals surface area contributed by atoms with E-state index in [-0.39, 0.29) is 41.3 Å². The number of hydrogen-bond acceptors (Lipinski definition) is 5. The topological polar surface area (TPSA) is 123 Å². The average Bonchev–Trinajstić information content (AvgIpc) is 3.21. The van der Waals surface area contributed by atoms with Crippen molar-refractivity contribution in [3.8, 4) is 17.2 Å². The molecule has 8 nitrogen and oxygen atoms in total. The highest BCUT2D eigenvalue weighted by atomic mass is 35.5. The molecule has 1 unspecified atom stereocenters. The highest BCUT2D eigenvalue weighted by Gasteiger charge is 2.63. The molecular weight excluding hydrogens is 554 g/mol. The number of carbonyl (C=O) groups excluding carboxylic acids is 3. The molecule has 0 radical (unpaired) electrons. The summed E-state index contributed by atoms with van der Waals surface area (Å²) in [5, 5.41) is 27.6. The third-order valence-electron chi connectivity index (χ3n) is 9.12. The lowest BCUT2D eigenvalue weighted by molar-refractivity contribution is -0.201. The van der Waals surface area contributed by atoms with Crippen LogP contribution in [0.15, 0.2) is 42.5 Å². The second kappa shape index (κ2) is 10.1. The first kappa shape index (κ1) is 27.6. The van der Waals surface area contributed by atoms with Gasteiger partial charge in [0.2, 0.25) is 11.8 Å². The van der Waals surface area contributed by atoms with Gasteiger partial charge < -0.3 is 20.6 Å². The third kappa shape index (κ3) is 4.37. The van der Waals surface area contributed by atoms with Gasteiger partial charge in [-0.2, -0.15) is 5.26 Å². The molecule has 6 atom stereocenters. The van der Waals surface area contributed by atoms with Crippen LogP contribution in [0, 0.1) is 23.2 Å². The van der Waals surface area contributed by atoms with E-state index in [0.29, 0.717) is 24.1 Å². The summed E-state index contributed by atoms with van der Waals surface area (Å²) < 4.78 is 30.6. The number of benzene rings is 2. The lowest BCUT2D eigenvalue weighted by atomic mass is 9.70. The Bertz CT molecular complexity index is 1480. The first-order valence-electron chi connectivity index (χ1n) is 13.9. The second-order valence-electron chi connectivity index (χ2n) is 11.5. The Kier molecular flexibility index (Phi) is 6.78. The zero-order chi connectivity index (χ0) is 29.1. The minimum Gasteiger partial charge on any atom is -0.372 e. The van der Waals surface area contributed by atoms with E-state index >= 15 is 8.78 Å². The summed E-state index contributed by atoms with van der Waals surface area (Å²) in [5.74, 6) is -7.19. The van der Waals surface area contributed by atoms with E-state index in [9.17, 15) is 24.8 Å². The van der Waals surface area contributed by atoms with Crippen molar-refractivity contribution in [2.45, 2.75) is 68.2 Å². The molecule has 3 aliphatic heterocycles. The van der Waals surface area contributed by atoms with Crippen LogP contribution in [-0.4, -0.2) is 58.3 Å². The summed E-state index contributed by atoms with van der Waals surface area (Å²) in [6.07, 6.45) is 0.943. The molecule has 2 aromatic rings. The van der Waals surface area contributed by atoms with Crippen LogP contribution in [0.25, 0.3) is 11.1 Å². The number of aliphatic hydroxyl groups is 1. The van der Waals surface area contributed by atoms with E-state index in [1.807, 2.05) is 6.07 Å². The van der Waals surface area contributed by atoms with Crippen LogP contribution in [-0.2, 0) is 20.0 Å². The molecule has 0 aromatic heterocycles. The van der Waals surface area contributed by atoms with E-state index in [0.717, 1.165) is 11.3 Å². The molecule has 1 saturated carbocycles. The fourth-order valence-corrected chi connectivity index (χ4v) is 7.36. The maximum Gasteiger partial charge on any atom is 0.264 e. The van der Waals surface area contributed by atoms with Gasteiger partial charge in [-0.1, -0.05) is 41.9 Å². The summed E-state index contributed by atoms with van der Waals surface area (Å²) >= 11 is 6.27. The van der Waals surface area contributed by atoms with Crippen molar-refractivity contribution in [3.63, 3.8) is 0 Å². The predicted octanol–water partition coefficient (Wildman–Crippen LogP) is 3.50. The maximum absolute atomic E-state index is 15.3. The average molecular weight is 583 g/mol. The molecule has 214 valence electrons. The normalized spacial score (nSPS) is 30.0. The first-order chi connectivity index (χ1) is 19.6. The van der Waals surface area contributed by atoms with Crippen molar-refractivity contribution in [1.82, 2.24) is 15.5 Å². The number of alkyl halides is 2. The minimum absolute atomic E-state index is 0.0131. The first-order valence-corrected chi connectivity index (χ1v) is 14.2. The summed E-state index contributed by atoms with van der Waals surface area (Å²) in [4.78, 5) is 41.6. The number of nitrogens with one attached hydrogen (secondary N) is 2. The second-order valence-corrected chi connectivity index (χ2v) is 11.9. The SMILES string of the molecule is N#C[C@H](C[C@@H]1CCCNC1=O)NC(=O)[C@@H]1[C@H]2CC[C@H](CC2(F)F)N1C(=O)C1(O)c2ccccc2-c2ccc(Cl)cc21. The molecule has 7 rings (SSSR count). The van der Waals surface area contributed by atoms with Gasteiger partial charge >= 0.3 is 0 Å². The Morgan fingerprint density at radius 1 is 1.17 bits per heavy atom. The summed E-state index contributed by atoms with van der Waals surface area (Å²) in [5.41, 5.74) is -0.546. The molecule has 41 heavy (non-hydrogen) atoms. The standard InChI is InChI=1S/C30H29ClF2N4O4/c31-17-7-9-21-20-5-1-2-6-22(20)30(41,24(21)13-17)28(40)37-19-8-10-23(29(32,33)14-19)25(37)27(39)36-18(15-34)12-16-4-3-11-35-26(16)38/h1-2,5-7,9,13,16,18-19,23,25,41H,3-4,8,10-12,14H2,(H,35,38)(H,36,39)/t16-,18-,19+,23+,25-,30?/m0/s1. The Labute approximate surface area is 240 Å². The molecule has 3 heterocycles. The number of carbonyl (C=O) groups is 3. The van der Waals surface area contributed by atoms with Crippen molar-refractivity contribution in [2.24, 2.45) is 11.8 Å². The molecule has 0 spiro atoms. The Hall–Kier alpha value is -3.55. The lowest BCUT2D eigenvalue weighted by Gasteiger charge is -2.54. The molecular formula is C30H29ClF2N4O4. The van der Waals surface area contributed by atoms with Crippen LogP contribution >= 0.6 is 11.6 Å². The van der Waals surface area contributed by atoms with Crippen LogP contribution in [0.3, 0.4) is 0 Å². The van der Waals surface area contributed by atoms with Crippen LogP contribution in [0.2, 0.25) is 5.02 Å². The number of nitrogens with zero attached hydrogens (tertiary/aromatic N) is 2. The Morgan fingerprint density at radius 2 is 1.93 bits per heavy atom. The molecule has 5 aliphatic rings. The molecule has 2 bridgehead atoms. The van der Waals surface area contributed by atoms with Crippen molar-refractivity contribution in [3.05, 3.63) is 58.6 Å². The van der Waals surface area contributed by atoms with Gasteiger partial charge in [0.25, 0.3) is 11.8 Å². The van der Waals surface area contributed by atoms with Crippen LogP contribution in [0.4, 0.5) is 8.78 Å². The summed E-state index contributed by atoms with van der Waals surface area (Å²) in [6, 6.07) is 9.88. The van der Waals surface area contributed by atoms with Crippen molar-refractivity contribution >= 4 is 29.3 Å². The fraction of sp³-hybridized carbons (Fsp3) is 0.467. The van der Waals surface area contributed by atoms with Crippen LogP contribution in [0.5, 0.6) is 0 Å². The van der Waals surface area contributed by atoms with Gasteiger partial charge in [0.05, 0.1) is 12.0 Å². The van der Waals surface area contributed by atoms with Gasteiger partial charge in [-0.15, -0.1) is 0 Å². The number of hydrogen-bond donors (Lipinski definition) is 3. The van der Waals surface area contributed by atoms with Crippen LogP contribution in [0.1, 0.15) is 49.7 Å². The molecule has 2 aromatic carbocycles. The molecule has 2 aliphatic carbocycles. The number of nitriles is 1. The van der Waals surface area contributed by atoms with Crippen molar-refractivity contribution in [2.75, 3.05) is 6.54 Å². The Morgan fingerprint density at radius 3 is 2.66 bits per heavy atom. The highest BCUT2D eigenvalue weighted by Crippen LogP contribution is 2.54. The van der Waals surface area contributed by atoms with E-state index in [4.69, 9.17) is 11.6 Å². The quantitative estimate of drug-likeness (QED) is 0.498. The van der Waals surface area contributed by atoms with Gasteiger partial charge in [-0.05, 0) is 55.4 Å². The van der Waals surface area contributed by atoms with Gasteiger partial charge in [0.1, 0.15) is 12.1 Å². The highest BCUT2D eigenvalue weighted by molar-refractivity contribution is 6.31. The molecule has 11 heteroatoms.